The summed E-state index contributed by atoms with van der Waals surface area (Å²) in [5.74, 6) is 7.79. The molecule has 4 fully saturated rings. The van der Waals surface area contributed by atoms with Crippen LogP contribution in [0, 0.1) is 47.3 Å². The predicted octanol–water partition coefficient (Wildman–Crippen LogP) is 6.41. The van der Waals surface area contributed by atoms with Crippen molar-refractivity contribution in [3.8, 4) is 0 Å². The molecule has 0 radical (unpaired) electrons. The Morgan fingerprint density at radius 2 is 1.16 bits per heavy atom. The van der Waals surface area contributed by atoms with Crippen LogP contribution in [0.1, 0.15) is 97.3 Å². The van der Waals surface area contributed by atoms with Gasteiger partial charge in [-0.25, -0.2) is 0 Å². The summed E-state index contributed by atoms with van der Waals surface area (Å²) in [6.45, 7) is 5.06. The molecule has 0 aromatic carbocycles. The predicted molar refractivity (Wildman–Crippen MR) is 107 cm³/mol. The average Bonchev–Trinajstić information content (AvgIpc) is 2.65. The molecule has 0 spiro atoms. The van der Waals surface area contributed by atoms with Gasteiger partial charge in [0.15, 0.2) is 0 Å². The van der Waals surface area contributed by atoms with Gasteiger partial charge >= 0.3 is 0 Å². The standard InChI is InChI=1S/C24H43N/c1-16-11-13-18(21-9-5-3-7-19(16)21)15-24(25)23-14-12-17(2)20-8-4-6-10-22(20)23/h16-24H,3-15,25H2,1-2H3. The zero-order valence-corrected chi connectivity index (χ0v) is 17.0. The summed E-state index contributed by atoms with van der Waals surface area (Å²) in [4.78, 5) is 0. The van der Waals surface area contributed by atoms with E-state index in [1.165, 1.54) is 83.5 Å². The molecule has 4 saturated carbocycles. The molecule has 4 aliphatic carbocycles. The van der Waals surface area contributed by atoms with Gasteiger partial charge in [0, 0.05) is 6.04 Å². The van der Waals surface area contributed by atoms with Crippen molar-refractivity contribution in [2.75, 3.05) is 0 Å². The lowest BCUT2D eigenvalue weighted by Gasteiger charge is -2.49. The van der Waals surface area contributed by atoms with Gasteiger partial charge in [-0.15, -0.1) is 0 Å². The van der Waals surface area contributed by atoms with Crippen molar-refractivity contribution >= 4 is 0 Å². The number of rotatable bonds is 3. The van der Waals surface area contributed by atoms with Crippen molar-refractivity contribution in [3.63, 3.8) is 0 Å². The fourth-order valence-electron chi connectivity index (χ4n) is 8.04. The van der Waals surface area contributed by atoms with Crippen LogP contribution in [-0.4, -0.2) is 6.04 Å². The van der Waals surface area contributed by atoms with Crippen LogP contribution in [-0.2, 0) is 0 Å². The molecule has 0 aliphatic heterocycles. The quantitative estimate of drug-likeness (QED) is 0.628. The zero-order chi connectivity index (χ0) is 17.4. The van der Waals surface area contributed by atoms with Crippen LogP contribution < -0.4 is 5.73 Å². The molecule has 0 saturated heterocycles. The summed E-state index contributed by atoms with van der Waals surface area (Å²) < 4.78 is 0. The highest BCUT2D eigenvalue weighted by molar-refractivity contribution is 4.95. The second kappa shape index (κ2) is 7.91. The maximum absolute atomic E-state index is 6.99. The molecule has 0 heterocycles. The van der Waals surface area contributed by atoms with Crippen molar-refractivity contribution in [3.05, 3.63) is 0 Å². The van der Waals surface area contributed by atoms with E-state index >= 15 is 0 Å². The average molecular weight is 346 g/mol. The first-order chi connectivity index (χ1) is 12.1. The van der Waals surface area contributed by atoms with Crippen LogP contribution in [0.4, 0.5) is 0 Å². The van der Waals surface area contributed by atoms with Crippen molar-refractivity contribution in [2.45, 2.75) is 103 Å². The molecular weight excluding hydrogens is 302 g/mol. The Bertz CT molecular complexity index is 432. The van der Waals surface area contributed by atoms with Crippen molar-refractivity contribution < 1.29 is 0 Å². The van der Waals surface area contributed by atoms with Gasteiger partial charge in [-0.2, -0.15) is 0 Å². The van der Waals surface area contributed by atoms with Crippen LogP contribution >= 0.6 is 0 Å². The molecule has 4 aliphatic rings. The Labute approximate surface area is 156 Å². The van der Waals surface area contributed by atoms with E-state index in [0.717, 1.165) is 47.3 Å². The molecular formula is C24H43N. The molecule has 4 rings (SSSR count). The molecule has 1 heteroatoms. The number of nitrogens with two attached hydrogens (primary N) is 1. The van der Waals surface area contributed by atoms with Gasteiger partial charge in [0.1, 0.15) is 0 Å². The summed E-state index contributed by atoms with van der Waals surface area (Å²) in [5.41, 5.74) is 6.99. The summed E-state index contributed by atoms with van der Waals surface area (Å²) in [5, 5.41) is 0. The first kappa shape index (κ1) is 18.3. The molecule has 9 unspecified atom stereocenters. The first-order valence-corrected chi connectivity index (χ1v) is 11.9. The molecule has 0 bridgehead atoms. The lowest BCUT2D eigenvalue weighted by atomic mass is 9.57. The third kappa shape index (κ3) is 3.69. The van der Waals surface area contributed by atoms with E-state index < -0.39 is 0 Å². The van der Waals surface area contributed by atoms with Gasteiger partial charge in [0.2, 0.25) is 0 Å². The third-order valence-corrected chi connectivity index (χ3v) is 9.44. The highest BCUT2D eigenvalue weighted by Gasteiger charge is 2.43. The molecule has 0 aromatic rings. The maximum atomic E-state index is 6.99. The Balaban J connectivity index is 1.41. The van der Waals surface area contributed by atoms with Crippen LogP contribution in [0.25, 0.3) is 0 Å². The van der Waals surface area contributed by atoms with E-state index in [9.17, 15) is 0 Å². The molecule has 25 heavy (non-hydrogen) atoms. The van der Waals surface area contributed by atoms with Crippen LogP contribution in [0.3, 0.4) is 0 Å². The second-order valence-electron chi connectivity index (χ2n) is 10.7. The van der Waals surface area contributed by atoms with E-state index in [2.05, 4.69) is 13.8 Å². The number of hydrogen-bond donors (Lipinski definition) is 1. The van der Waals surface area contributed by atoms with E-state index in [0.29, 0.717) is 6.04 Å². The topological polar surface area (TPSA) is 26.0 Å². The molecule has 2 N–H and O–H groups in total. The normalized spacial score (nSPS) is 49.1. The minimum absolute atomic E-state index is 0.499. The Hall–Kier alpha value is -0.0400. The van der Waals surface area contributed by atoms with Crippen LogP contribution in [0.2, 0.25) is 0 Å². The smallest absolute Gasteiger partial charge is 0.00726 e. The molecule has 1 nitrogen and oxygen atoms in total. The highest BCUT2D eigenvalue weighted by atomic mass is 14.7. The van der Waals surface area contributed by atoms with Crippen molar-refractivity contribution in [2.24, 2.45) is 53.1 Å². The lowest BCUT2D eigenvalue weighted by molar-refractivity contribution is 0.0181. The fourth-order valence-corrected chi connectivity index (χ4v) is 8.04. The summed E-state index contributed by atoms with van der Waals surface area (Å²) in [6.07, 6.45) is 19.2. The zero-order valence-electron chi connectivity index (χ0n) is 17.0. The largest absolute Gasteiger partial charge is 0.327 e. The van der Waals surface area contributed by atoms with Crippen molar-refractivity contribution in [1.82, 2.24) is 0 Å². The molecule has 144 valence electrons. The summed E-state index contributed by atoms with van der Waals surface area (Å²) >= 11 is 0. The monoisotopic (exact) mass is 345 g/mol. The summed E-state index contributed by atoms with van der Waals surface area (Å²) in [7, 11) is 0. The first-order valence-electron chi connectivity index (χ1n) is 11.9. The number of hydrogen-bond acceptors (Lipinski definition) is 1. The third-order valence-electron chi connectivity index (χ3n) is 9.44. The Morgan fingerprint density at radius 1 is 0.640 bits per heavy atom. The van der Waals surface area contributed by atoms with E-state index in [-0.39, 0.29) is 0 Å². The minimum Gasteiger partial charge on any atom is -0.327 e. The van der Waals surface area contributed by atoms with E-state index in [4.69, 9.17) is 5.73 Å². The van der Waals surface area contributed by atoms with Gasteiger partial charge < -0.3 is 5.73 Å². The maximum Gasteiger partial charge on any atom is 0.00726 e. The SMILES string of the molecule is CC1CCC(CC(N)C2CCC(C)C3CCCCC32)C2CCCCC12. The molecule has 9 atom stereocenters. The van der Waals surface area contributed by atoms with E-state index in [1.54, 1.807) is 0 Å². The molecule has 0 aromatic heterocycles. The van der Waals surface area contributed by atoms with Gasteiger partial charge in [-0.05, 0) is 92.3 Å². The van der Waals surface area contributed by atoms with Gasteiger partial charge in [-0.3, -0.25) is 0 Å². The lowest BCUT2D eigenvalue weighted by Crippen LogP contribution is -2.46. The van der Waals surface area contributed by atoms with E-state index in [1.807, 2.05) is 0 Å². The van der Waals surface area contributed by atoms with Crippen molar-refractivity contribution in [1.29, 1.82) is 0 Å². The second-order valence-corrected chi connectivity index (χ2v) is 10.7. The fraction of sp³-hybridized carbons (Fsp3) is 1.00. The van der Waals surface area contributed by atoms with Crippen LogP contribution in [0.15, 0.2) is 0 Å². The van der Waals surface area contributed by atoms with Gasteiger partial charge in [0.05, 0.1) is 0 Å². The summed E-state index contributed by atoms with van der Waals surface area (Å²) in [6, 6.07) is 0.499. The number of fused-ring (bicyclic) bond motifs is 2. The van der Waals surface area contributed by atoms with Crippen LogP contribution in [0.5, 0.6) is 0 Å². The molecule has 0 amide bonds. The van der Waals surface area contributed by atoms with Gasteiger partial charge in [0.25, 0.3) is 0 Å². The van der Waals surface area contributed by atoms with Gasteiger partial charge in [-0.1, -0.05) is 52.4 Å². The minimum atomic E-state index is 0.499. The highest BCUT2D eigenvalue weighted by Crippen LogP contribution is 2.51. The Kier molecular flexibility index (Phi) is 5.80. The Morgan fingerprint density at radius 3 is 1.84 bits per heavy atom.